The molecule has 0 aliphatic carbocycles. The Kier molecular flexibility index (Phi) is 8.05. The van der Waals surface area contributed by atoms with Crippen LogP contribution in [0, 0.1) is 0 Å². The van der Waals surface area contributed by atoms with Gasteiger partial charge in [-0.05, 0) is 38.1 Å². The maximum absolute atomic E-state index is 6.05. The summed E-state index contributed by atoms with van der Waals surface area (Å²) in [6, 6.07) is 11.6. The minimum Gasteiger partial charge on any atom is -0.493 e. The largest absolute Gasteiger partial charge is 0.493 e. The van der Waals surface area contributed by atoms with Crippen molar-refractivity contribution in [2.24, 2.45) is 4.99 Å². The first-order valence-electron chi connectivity index (χ1n) is 8.56. The topological polar surface area (TPSA) is 58.5 Å². The monoisotopic (exact) mass is 360 g/mol. The first-order valence-corrected chi connectivity index (χ1v) is 8.94. The zero-order valence-electron chi connectivity index (χ0n) is 14.8. The molecule has 0 bridgehead atoms. The van der Waals surface area contributed by atoms with Crippen molar-refractivity contribution in [1.29, 1.82) is 0 Å². The van der Waals surface area contributed by atoms with Crippen LogP contribution in [0.15, 0.2) is 47.6 Å². The number of rotatable bonds is 8. The number of ether oxygens (including phenoxy) is 1. The van der Waals surface area contributed by atoms with Crippen molar-refractivity contribution >= 4 is 17.6 Å². The van der Waals surface area contributed by atoms with Crippen LogP contribution in [-0.2, 0) is 13.0 Å². The van der Waals surface area contributed by atoms with Gasteiger partial charge in [0.05, 0.1) is 13.2 Å². The van der Waals surface area contributed by atoms with Gasteiger partial charge in [-0.15, -0.1) is 0 Å². The lowest BCUT2D eigenvalue weighted by Crippen LogP contribution is -2.38. The Labute approximate surface area is 154 Å². The Morgan fingerprint density at radius 2 is 2.08 bits per heavy atom. The fraction of sp³-hybridized carbons (Fsp3) is 0.368. The van der Waals surface area contributed by atoms with Gasteiger partial charge >= 0.3 is 0 Å². The third-order valence-corrected chi connectivity index (χ3v) is 3.72. The van der Waals surface area contributed by atoms with E-state index in [0.717, 1.165) is 42.5 Å². The van der Waals surface area contributed by atoms with E-state index in [4.69, 9.17) is 16.3 Å². The maximum Gasteiger partial charge on any atom is 0.191 e. The predicted molar refractivity (Wildman–Crippen MR) is 103 cm³/mol. The molecule has 0 saturated heterocycles. The highest BCUT2D eigenvalue weighted by molar-refractivity contribution is 6.30. The first kappa shape index (κ1) is 19.1. The molecule has 0 radical (unpaired) electrons. The summed E-state index contributed by atoms with van der Waals surface area (Å²) in [6.07, 6.45) is 2.65. The predicted octanol–water partition coefficient (Wildman–Crippen LogP) is 3.43. The highest BCUT2D eigenvalue weighted by atomic mass is 35.5. The second-order valence-corrected chi connectivity index (χ2v) is 5.81. The highest BCUT2D eigenvalue weighted by Crippen LogP contribution is 2.24. The molecule has 0 spiro atoms. The third-order valence-electron chi connectivity index (χ3n) is 3.48. The molecule has 6 heteroatoms. The number of hydrogen-bond donors (Lipinski definition) is 2. The van der Waals surface area contributed by atoms with Crippen LogP contribution >= 0.6 is 11.6 Å². The van der Waals surface area contributed by atoms with E-state index < -0.39 is 0 Å². The summed E-state index contributed by atoms with van der Waals surface area (Å²) in [6.45, 7) is 6.68. The average Bonchev–Trinajstić information content (AvgIpc) is 2.62. The summed E-state index contributed by atoms with van der Waals surface area (Å²) >= 11 is 6.05. The molecular weight excluding hydrogens is 336 g/mol. The molecule has 25 heavy (non-hydrogen) atoms. The molecule has 2 rings (SSSR count). The van der Waals surface area contributed by atoms with E-state index in [1.807, 2.05) is 56.4 Å². The van der Waals surface area contributed by atoms with Crippen LogP contribution in [0.5, 0.6) is 5.75 Å². The molecule has 2 N–H and O–H groups in total. The Balaban J connectivity index is 1.97. The van der Waals surface area contributed by atoms with Crippen LogP contribution in [0.1, 0.15) is 25.1 Å². The number of benzene rings is 1. The fourth-order valence-corrected chi connectivity index (χ4v) is 2.47. The molecule has 2 aromatic rings. The molecule has 0 aliphatic rings. The molecule has 134 valence electrons. The molecular formula is C19H25ClN4O. The van der Waals surface area contributed by atoms with Crippen LogP contribution in [-0.4, -0.2) is 30.6 Å². The Bertz CT molecular complexity index is 676. The van der Waals surface area contributed by atoms with E-state index in [-0.39, 0.29) is 0 Å². The molecule has 1 aromatic carbocycles. The van der Waals surface area contributed by atoms with Crippen molar-refractivity contribution in [3.8, 4) is 5.75 Å². The van der Waals surface area contributed by atoms with Gasteiger partial charge in [-0.2, -0.15) is 0 Å². The van der Waals surface area contributed by atoms with Crippen LogP contribution in [0.2, 0.25) is 5.02 Å². The van der Waals surface area contributed by atoms with E-state index in [2.05, 4.69) is 20.6 Å². The number of guanidine groups is 1. The molecule has 0 amide bonds. The van der Waals surface area contributed by atoms with Crippen molar-refractivity contribution < 1.29 is 4.74 Å². The van der Waals surface area contributed by atoms with E-state index in [0.29, 0.717) is 18.2 Å². The third kappa shape index (κ3) is 6.63. The van der Waals surface area contributed by atoms with E-state index in [9.17, 15) is 0 Å². The van der Waals surface area contributed by atoms with Gasteiger partial charge in [0.2, 0.25) is 0 Å². The van der Waals surface area contributed by atoms with Gasteiger partial charge in [-0.25, -0.2) is 4.99 Å². The van der Waals surface area contributed by atoms with Crippen LogP contribution in [0.4, 0.5) is 0 Å². The number of hydrogen-bond acceptors (Lipinski definition) is 3. The minimum atomic E-state index is 0.519. The number of nitrogens with one attached hydrogen (secondary N) is 2. The number of pyridine rings is 1. The molecule has 0 fully saturated rings. The Morgan fingerprint density at radius 1 is 1.20 bits per heavy atom. The number of aliphatic imine (C=N–C) groups is 1. The van der Waals surface area contributed by atoms with E-state index in [1.54, 1.807) is 0 Å². The van der Waals surface area contributed by atoms with Crippen molar-refractivity contribution in [3.63, 3.8) is 0 Å². The SMILES string of the molecule is CCNC(=NCc1ccc(Cl)cc1OCC)NCCc1ccccn1. The van der Waals surface area contributed by atoms with E-state index >= 15 is 0 Å². The van der Waals surface area contributed by atoms with E-state index in [1.165, 1.54) is 0 Å². The summed E-state index contributed by atoms with van der Waals surface area (Å²) < 4.78 is 5.65. The Hall–Kier alpha value is -2.27. The molecule has 1 heterocycles. The smallest absolute Gasteiger partial charge is 0.191 e. The number of nitrogens with zero attached hydrogens (tertiary/aromatic N) is 2. The zero-order chi connectivity index (χ0) is 17.9. The van der Waals surface area contributed by atoms with Crippen molar-refractivity contribution in [1.82, 2.24) is 15.6 Å². The molecule has 0 saturated carbocycles. The van der Waals surface area contributed by atoms with Crippen LogP contribution in [0.3, 0.4) is 0 Å². The second-order valence-electron chi connectivity index (χ2n) is 5.38. The average molecular weight is 361 g/mol. The standard InChI is InChI=1S/C19H25ClN4O/c1-3-21-19(23-12-10-17-7-5-6-11-22-17)24-14-15-8-9-16(20)13-18(15)25-4-2/h5-9,11,13H,3-4,10,12,14H2,1-2H3,(H2,21,23,24). The fourth-order valence-electron chi connectivity index (χ4n) is 2.31. The lowest BCUT2D eigenvalue weighted by Gasteiger charge is -2.13. The lowest BCUT2D eigenvalue weighted by molar-refractivity contribution is 0.336. The quantitative estimate of drug-likeness (QED) is 0.559. The summed E-state index contributed by atoms with van der Waals surface area (Å²) in [5, 5.41) is 7.25. The molecule has 0 atom stereocenters. The second kappa shape index (κ2) is 10.6. The van der Waals surface area contributed by atoms with Crippen LogP contribution < -0.4 is 15.4 Å². The molecule has 0 unspecified atom stereocenters. The van der Waals surface area contributed by atoms with Gasteiger partial charge in [0.15, 0.2) is 5.96 Å². The Morgan fingerprint density at radius 3 is 2.80 bits per heavy atom. The van der Waals surface area contributed by atoms with Crippen molar-refractivity contribution in [2.45, 2.75) is 26.8 Å². The lowest BCUT2D eigenvalue weighted by atomic mass is 10.2. The zero-order valence-corrected chi connectivity index (χ0v) is 15.5. The summed E-state index contributed by atoms with van der Waals surface area (Å²) in [7, 11) is 0. The normalized spacial score (nSPS) is 11.2. The van der Waals surface area contributed by atoms with Gasteiger partial charge < -0.3 is 15.4 Å². The number of halogens is 1. The van der Waals surface area contributed by atoms with Gasteiger partial charge in [0.25, 0.3) is 0 Å². The van der Waals surface area contributed by atoms with Gasteiger partial charge in [0.1, 0.15) is 5.75 Å². The first-order chi connectivity index (χ1) is 12.2. The number of aromatic nitrogens is 1. The molecule has 1 aromatic heterocycles. The summed E-state index contributed by atoms with van der Waals surface area (Å²) in [4.78, 5) is 8.96. The van der Waals surface area contributed by atoms with Crippen LogP contribution in [0.25, 0.3) is 0 Å². The van der Waals surface area contributed by atoms with Crippen molar-refractivity contribution in [2.75, 3.05) is 19.7 Å². The van der Waals surface area contributed by atoms with Gasteiger partial charge in [-0.1, -0.05) is 23.7 Å². The van der Waals surface area contributed by atoms with Gasteiger partial charge in [-0.3, -0.25) is 4.98 Å². The van der Waals surface area contributed by atoms with Crippen molar-refractivity contribution in [3.05, 3.63) is 58.9 Å². The molecule has 5 nitrogen and oxygen atoms in total. The maximum atomic E-state index is 6.05. The molecule has 0 aliphatic heterocycles. The minimum absolute atomic E-state index is 0.519. The highest BCUT2D eigenvalue weighted by Gasteiger charge is 2.05. The van der Waals surface area contributed by atoms with Gasteiger partial charge in [0, 0.05) is 42.0 Å². The summed E-state index contributed by atoms with van der Waals surface area (Å²) in [5.41, 5.74) is 2.07. The summed E-state index contributed by atoms with van der Waals surface area (Å²) in [5.74, 6) is 1.55.